The number of benzene rings is 1. The molecule has 1 fully saturated rings. The zero-order chi connectivity index (χ0) is 20.1. The van der Waals surface area contributed by atoms with Crippen LogP contribution in [0.4, 0.5) is 5.69 Å². The van der Waals surface area contributed by atoms with E-state index >= 15 is 0 Å². The van der Waals surface area contributed by atoms with Crippen molar-refractivity contribution in [3.63, 3.8) is 0 Å². The van der Waals surface area contributed by atoms with E-state index in [1.165, 1.54) is 11.3 Å². The molecule has 0 bridgehead atoms. The Labute approximate surface area is 168 Å². The molecule has 148 valence electrons. The van der Waals surface area contributed by atoms with E-state index in [1.54, 1.807) is 35.2 Å². The van der Waals surface area contributed by atoms with Crippen molar-refractivity contribution in [1.82, 2.24) is 10.2 Å². The van der Waals surface area contributed by atoms with Crippen molar-refractivity contribution < 1.29 is 14.4 Å². The third kappa shape index (κ3) is 4.78. The fourth-order valence-electron chi connectivity index (χ4n) is 3.30. The van der Waals surface area contributed by atoms with Gasteiger partial charge in [-0.05, 0) is 50.3 Å². The largest absolute Gasteiger partial charge is 0.350 e. The van der Waals surface area contributed by atoms with Gasteiger partial charge in [0.15, 0.2) is 0 Å². The van der Waals surface area contributed by atoms with Crippen molar-refractivity contribution in [1.29, 1.82) is 0 Å². The fraction of sp³-hybridized carbons (Fsp3) is 0.381. The van der Waals surface area contributed by atoms with E-state index in [0.29, 0.717) is 29.2 Å². The number of amides is 3. The molecular formula is C21H25N3O3S. The van der Waals surface area contributed by atoms with E-state index in [2.05, 4.69) is 10.6 Å². The molecule has 6 nitrogen and oxygen atoms in total. The molecule has 0 saturated carbocycles. The molecule has 1 atom stereocenters. The molecule has 1 aromatic heterocycles. The van der Waals surface area contributed by atoms with Crippen molar-refractivity contribution in [2.75, 3.05) is 18.4 Å². The summed E-state index contributed by atoms with van der Waals surface area (Å²) in [5.74, 6) is -0.694. The van der Waals surface area contributed by atoms with Crippen LogP contribution in [0.2, 0.25) is 0 Å². The summed E-state index contributed by atoms with van der Waals surface area (Å²) < 4.78 is 0. The van der Waals surface area contributed by atoms with Gasteiger partial charge in [-0.25, -0.2) is 0 Å². The molecule has 0 radical (unpaired) electrons. The Kier molecular flexibility index (Phi) is 6.46. The number of nitrogens with zero attached hydrogens (tertiary/aromatic N) is 1. The summed E-state index contributed by atoms with van der Waals surface area (Å²) in [7, 11) is 0. The molecule has 1 saturated heterocycles. The molecule has 2 heterocycles. The van der Waals surface area contributed by atoms with E-state index in [-0.39, 0.29) is 29.7 Å². The highest BCUT2D eigenvalue weighted by Crippen LogP contribution is 2.23. The number of hydrogen-bond donors (Lipinski definition) is 2. The second-order valence-corrected chi connectivity index (χ2v) is 8.18. The number of rotatable bonds is 5. The van der Waals surface area contributed by atoms with Crippen LogP contribution in [0.15, 0.2) is 41.8 Å². The van der Waals surface area contributed by atoms with E-state index in [9.17, 15) is 14.4 Å². The predicted molar refractivity (Wildman–Crippen MR) is 111 cm³/mol. The van der Waals surface area contributed by atoms with Gasteiger partial charge in [0.05, 0.1) is 22.0 Å². The lowest BCUT2D eigenvalue weighted by atomic mass is 9.96. The van der Waals surface area contributed by atoms with Crippen LogP contribution in [0, 0.1) is 5.92 Å². The standard InChI is InChI=1S/C21H25N3O3S/c1-14(2)22-20(26)16-8-3-4-9-17(16)23-19(25)15-7-5-11-24(13-15)21(27)18-10-6-12-28-18/h3-4,6,8-10,12,14-15H,5,7,11,13H2,1-2H3,(H,22,26)(H,23,25). The number of carbonyl (C=O) groups is 3. The zero-order valence-electron chi connectivity index (χ0n) is 16.1. The molecule has 2 N–H and O–H groups in total. The van der Waals surface area contributed by atoms with Crippen LogP contribution in [0.5, 0.6) is 0 Å². The molecular weight excluding hydrogens is 374 g/mol. The summed E-state index contributed by atoms with van der Waals surface area (Å²) >= 11 is 1.41. The minimum Gasteiger partial charge on any atom is -0.350 e. The molecule has 1 aromatic carbocycles. The molecule has 7 heteroatoms. The van der Waals surface area contributed by atoms with Gasteiger partial charge in [-0.3, -0.25) is 14.4 Å². The summed E-state index contributed by atoms with van der Waals surface area (Å²) in [6, 6.07) is 10.6. The first kappa shape index (κ1) is 20.1. The Morgan fingerprint density at radius 2 is 1.93 bits per heavy atom. The molecule has 1 aliphatic rings. The van der Waals surface area contributed by atoms with Crippen LogP contribution in [0.1, 0.15) is 46.7 Å². The monoisotopic (exact) mass is 399 g/mol. The van der Waals surface area contributed by atoms with Gasteiger partial charge in [0.1, 0.15) is 0 Å². The van der Waals surface area contributed by atoms with Crippen LogP contribution in [0.25, 0.3) is 0 Å². The number of likely N-dealkylation sites (tertiary alicyclic amines) is 1. The molecule has 3 rings (SSSR count). The highest BCUT2D eigenvalue weighted by molar-refractivity contribution is 7.12. The number of piperidine rings is 1. The number of hydrogen-bond acceptors (Lipinski definition) is 4. The zero-order valence-corrected chi connectivity index (χ0v) is 16.9. The molecule has 0 aliphatic carbocycles. The average molecular weight is 400 g/mol. The summed E-state index contributed by atoms with van der Waals surface area (Å²) in [4.78, 5) is 40.3. The lowest BCUT2D eigenvalue weighted by Gasteiger charge is -2.32. The van der Waals surface area contributed by atoms with Gasteiger partial charge in [0.2, 0.25) is 5.91 Å². The highest BCUT2D eigenvalue weighted by atomic mass is 32.1. The number of para-hydroxylation sites is 1. The maximum absolute atomic E-state index is 12.8. The van der Waals surface area contributed by atoms with E-state index in [0.717, 1.165) is 12.8 Å². The number of anilines is 1. The van der Waals surface area contributed by atoms with E-state index in [4.69, 9.17) is 0 Å². The minimum absolute atomic E-state index is 0.00595. The molecule has 0 spiro atoms. The SMILES string of the molecule is CC(C)NC(=O)c1ccccc1NC(=O)C1CCCN(C(=O)c2cccs2)C1. The van der Waals surface area contributed by atoms with Crippen molar-refractivity contribution in [2.45, 2.75) is 32.7 Å². The Hall–Kier alpha value is -2.67. The fourth-order valence-corrected chi connectivity index (χ4v) is 3.99. The van der Waals surface area contributed by atoms with Crippen LogP contribution >= 0.6 is 11.3 Å². The molecule has 1 aliphatic heterocycles. The van der Waals surface area contributed by atoms with Crippen LogP contribution in [0.3, 0.4) is 0 Å². The van der Waals surface area contributed by atoms with Crippen LogP contribution in [-0.4, -0.2) is 41.8 Å². The van der Waals surface area contributed by atoms with Crippen LogP contribution < -0.4 is 10.6 Å². The summed E-state index contributed by atoms with van der Waals surface area (Å²) in [6.07, 6.45) is 1.51. The number of thiophene rings is 1. The van der Waals surface area contributed by atoms with Gasteiger partial charge in [-0.15, -0.1) is 11.3 Å². The molecule has 2 aromatic rings. The number of carbonyl (C=O) groups excluding carboxylic acids is 3. The van der Waals surface area contributed by atoms with Crippen molar-refractivity contribution >= 4 is 34.7 Å². The first-order valence-electron chi connectivity index (χ1n) is 9.49. The summed E-state index contributed by atoms with van der Waals surface area (Å²) in [5.41, 5.74) is 0.930. The molecule has 3 amide bonds. The van der Waals surface area contributed by atoms with Gasteiger partial charge in [-0.1, -0.05) is 18.2 Å². The third-order valence-corrected chi connectivity index (χ3v) is 5.52. The first-order chi connectivity index (χ1) is 13.5. The average Bonchev–Trinajstić information content (AvgIpc) is 3.22. The maximum Gasteiger partial charge on any atom is 0.263 e. The smallest absolute Gasteiger partial charge is 0.263 e. The summed E-state index contributed by atoms with van der Waals surface area (Å²) in [6.45, 7) is 4.83. The summed E-state index contributed by atoms with van der Waals surface area (Å²) in [5, 5.41) is 7.62. The normalized spacial score (nSPS) is 16.7. The van der Waals surface area contributed by atoms with Gasteiger partial charge < -0.3 is 15.5 Å². The lowest BCUT2D eigenvalue weighted by Crippen LogP contribution is -2.43. The van der Waals surface area contributed by atoms with Crippen molar-refractivity contribution in [3.05, 3.63) is 52.2 Å². The van der Waals surface area contributed by atoms with Crippen molar-refractivity contribution in [3.8, 4) is 0 Å². The first-order valence-corrected chi connectivity index (χ1v) is 10.4. The minimum atomic E-state index is -0.293. The Bertz CT molecular complexity index is 848. The second kappa shape index (κ2) is 9.01. The topological polar surface area (TPSA) is 78.5 Å². The predicted octanol–water partition coefficient (Wildman–Crippen LogP) is 3.38. The quantitative estimate of drug-likeness (QED) is 0.809. The van der Waals surface area contributed by atoms with Gasteiger partial charge in [0, 0.05) is 19.1 Å². The van der Waals surface area contributed by atoms with Gasteiger partial charge in [-0.2, -0.15) is 0 Å². The van der Waals surface area contributed by atoms with Crippen molar-refractivity contribution in [2.24, 2.45) is 5.92 Å². The Morgan fingerprint density at radius 3 is 2.64 bits per heavy atom. The lowest BCUT2D eigenvalue weighted by molar-refractivity contribution is -0.121. The van der Waals surface area contributed by atoms with Gasteiger partial charge in [0.25, 0.3) is 11.8 Å². The van der Waals surface area contributed by atoms with E-state index < -0.39 is 0 Å². The highest BCUT2D eigenvalue weighted by Gasteiger charge is 2.29. The molecule has 28 heavy (non-hydrogen) atoms. The third-order valence-electron chi connectivity index (χ3n) is 4.66. The Morgan fingerprint density at radius 1 is 1.14 bits per heavy atom. The number of nitrogens with one attached hydrogen (secondary N) is 2. The second-order valence-electron chi connectivity index (χ2n) is 7.23. The Balaban J connectivity index is 1.68. The molecule has 1 unspecified atom stereocenters. The van der Waals surface area contributed by atoms with E-state index in [1.807, 2.05) is 25.3 Å². The maximum atomic E-state index is 12.8. The van der Waals surface area contributed by atoms with Gasteiger partial charge >= 0.3 is 0 Å². The van der Waals surface area contributed by atoms with Crippen LogP contribution in [-0.2, 0) is 4.79 Å².